The number of carboxylic acid groups (broad SMARTS) is 1. The minimum absolute atomic E-state index is 0.0287. The number of likely N-dealkylation sites (tertiary alicyclic amines) is 1. The number of carbonyl (C=O) groups excluding carboxylic acids is 1. The fourth-order valence-corrected chi connectivity index (χ4v) is 2.40. The Morgan fingerprint density at radius 2 is 2.17 bits per heavy atom. The number of urea groups is 1. The molecule has 1 heterocycles. The largest absolute Gasteiger partial charge is 0.481 e. The molecule has 2 atom stereocenters. The second-order valence-corrected chi connectivity index (χ2v) is 5.26. The maximum absolute atomic E-state index is 12.2. The summed E-state index contributed by atoms with van der Waals surface area (Å²) in [4.78, 5) is 26.4. The topological polar surface area (TPSA) is 60.9 Å². The molecule has 1 rings (SSSR count). The summed E-state index contributed by atoms with van der Waals surface area (Å²) in [6.45, 7) is 5.63. The predicted octanol–water partition coefficient (Wildman–Crippen LogP) is 2.02. The molecule has 5 nitrogen and oxygen atoms in total. The summed E-state index contributed by atoms with van der Waals surface area (Å²) in [6.07, 6.45) is 2.80. The molecule has 1 saturated heterocycles. The molecule has 18 heavy (non-hydrogen) atoms. The third-order valence-corrected chi connectivity index (χ3v) is 3.64. The fraction of sp³-hybridized carbons (Fsp3) is 0.846. The molecule has 1 fully saturated rings. The van der Waals surface area contributed by atoms with Crippen molar-refractivity contribution < 1.29 is 14.7 Å². The van der Waals surface area contributed by atoms with Crippen molar-refractivity contribution in [2.24, 2.45) is 5.92 Å². The monoisotopic (exact) mass is 256 g/mol. The van der Waals surface area contributed by atoms with Crippen LogP contribution >= 0.6 is 0 Å². The van der Waals surface area contributed by atoms with Gasteiger partial charge in [0.15, 0.2) is 0 Å². The van der Waals surface area contributed by atoms with Crippen molar-refractivity contribution in [3.63, 3.8) is 0 Å². The van der Waals surface area contributed by atoms with Gasteiger partial charge in [0.2, 0.25) is 0 Å². The molecule has 0 aromatic heterocycles. The predicted molar refractivity (Wildman–Crippen MR) is 69.5 cm³/mol. The van der Waals surface area contributed by atoms with Crippen molar-refractivity contribution in [1.29, 1.82) is 0 Å². The van der Waals surface area contributed by atoms with Crippen molar-refractivity contribution in [3.05, 3.63) is 0 Å². The molecule has 0 spiro atoms. The third kappa shape index (κ3) is 3.89. The summed E-state index contributed by atoms with van der Waals surface area (Å²) in [5, 5.41) is 8.84. The zero-order valence-corrected chi connectivity index (χ0v) is 11.6. The molecule has 104 valence electrons. The van der Waals surface area contributed by atoms with Crippen LogP contribution in [0.25, 0.3) is 0 Å². The van der Waals surface area contributed by atoms with Crippen molar-refractivity contribution in [3.8, 4) is 0 Å². The van der Waals surface area contributed by atoms with Gasteiger partial charge in [-0.1, -0.05) is 20.3 Å². The van der Waals surface area contributed by atoms with E-state index in [0.717, 1.165) is 25.8 Å². The van der Waals surface area contributed by atoms with Gasteiger partial charge in [-0.3, -0.25) is 4.79 Å². The summed E-state index contributed by atoms with van der Waals surface area (Å²) in [7, 11) is 1.80. The average molecular weight is 256 g/mol. The van der Waals surface area contributed by atoms with E-state index in [1.807, 2.05) is 0 Å². The first-order chi connectivity index (χ1) is 8.45. The van der Waals surface area contributed by atoms with Gasteiger partial charge < -0.3 is 14.9 Å². The molecule has 2 unspecified atom stereocenters. The zero-order chi connectivity index (χ0) is 13.7. The van der Waals surface area contributed by atoms with Crippen LogP contribution in [0, 0.1) is 5.92 Å². The van der Waals surface area contributed by atoms with Gasteiger partial charge >= 0.3 is 12.0 Å². The van der Waals surface area contributed by atoms with E-state index in [1.54, 1.807) is 16.8 Å². The van der Waals surface area contributed by atoms with Crippen molar-refractivity contribution in [1.82, 2.24) is 9.80 Å². The van der Waals surface area contributed by atoms with E-state index in [4.69, 9.17) is 5.11 Å². The van der Waals surface area contributed by atoms with Gasteiger partial charge in [0.1, 0.15) is 0 Å². The molecule has 1 aliphatic rings. The molecule has 1 aliphatic heterocycles. The van der Waals surface area contributed by atoms with Crippen LogP contribution in [0.4, 0.5) is 4.79 Å². The number of carboxylic acids is 1. The van der Waals surface area contributed by atoms with E-state index in [1.165, 1.54) is 0 Å². The molecular weight excluding hydrogens is 232 g/mol. The number of hydrogen-bond donors (Lipinski definition) is 1. The Labute approximate surface area is 109 Å². The van der Waals surface area contributed by atoms with Crippen molar-refractivity contribution in [2.75, 3.05) is 20.1 Å². The normalized spacial score (nSPS) is 20.8. The number of rotatable bonds is 5. The van der Waals surface area contributed by atoms with Crippen LogP contribution in [0.15, 0.2) is 0 Å². The van der Waals surface area contributed by atoms with Crippen LogP contribution in [-0.2, 0) is 4.79 Å². The lowest BCUT2D eigenvalue weighted by atomic mass is 10.1. The van der Waals surface area contributed by atoms with Gasteiger partial charge in [-0.15, -0.1) is 0 Å². The molecule has 0 saturated carbocycles. The first-order valence-corrected chi connectivity index (χ1v) is 6.69. The number of amides is 2. The van der Waals surface area contributed by atoms with Crippen LogP contribution in [0.2, 0.25) is 0 Å². The van der Waals surface area contributed by atoms with Gasteiger partial charge in [0.25, 0.3) is 0 Å². The van der Waals surface area contributed by atoms with Crippen LogP contribution in [0.5, 0.6) is 0 Å². The highest BCUT2D eigenvalue weighted by molar-refractivity contribution is 5.76. The third-order valence-electron chi connectivity index (χ3n) is 3.64. The summed E-state index contributed by atoms with van der Waals surface area (Å²) >= 11 is 0. The summed E-state index contributed by atoms with van der Waals surface area (Å²) in [6, 6.07) is -0.159. The van der Waals surface area contributed by atoms with Gasteiger partial charge in [0.05, 0.1) is 6.42 Å². The number of carbonyl (C=O) groups is 2. The van der Waals surface area contributed by atoms with E-state index in [2.05, 4.69) is 13.8 Å². The molecule has 0 aliphatic carbocycles. The smallest absolute Gasteiger partial charge is 0.320 e. The minimum atomic E-state index is -0.829. The number of hydrogen-bond acceptors (Lipinski definition) is 2. The summed E-state index contributed by atoms with van der Waals surface area (Å²) < 4.78 is 0. The molecule has 0 bridgehead atoms. The fourth-order valence-electron chi connectivity index (χ4n) is 2.40. The van der Waals surface area contributed by atoms with Crippen LogP contribution < -0.4 is 0 Å². The van der Waals surface area contributed by atoms with E-state index in [-0.39, 0.29) is 18.5 Å². The van der Waals surface area contributed by atoms with Crippen LogP contribution in [-0.4, -0.2) is 53.1 Å². The molecule has 0 aromatic rings. The molecule has 5 heteroatoms. The van der Waals surface area contributed by atoms with E-state index in [9.17, 15) is 9.59 Å². The van der Waals surface area contributed by atoms with Crippen LogP contribution in [0.1, 0.15) is 39.5 Å². The Kier molecular flexibility index (Phi) is 5.44. The minimum Gasteiger partial charge on any atom is -0.481 e. The lowest BCUT2D eigenvalue weighted by Gasteiger charge is -2.30. The van der Waals surface area contributed by atoms with E-state index < -0.39 is 5.97 Å². The first-order valence-electron chi connectivity index (χ1n) is 6.69. The lowest BCUT2D eigenvalue weighted by Crippen LogP contribution is -2.45. The Morgan fingerprint density at radius 1 is 1.50 bits per heavy atom. The number of nitrogens with zero attached hydrogens (tertiary/aromatic N) is 2. The Balaban J connectivity index is 2.56. The SMILES string of the molecule is CCC(C)CN(C)C(=O)N1CCCC1CC(=O)O. The molecule has 2 amide bonds. The standard InChI is InChI=1S/C13H24N2O3/c1-4-10(2)9-14(3)13(18)15-7-5-6-11(15)8-12(16)17/h10-11H,4-9H2,1-3H3,(H,16,17). The second kappa shape index (κ2) is 6.61. The average Bonchev–Trinajstić information content (AvgIpc) is 2.74. The quantitative estimate of drug-likeness (QED) is 0.818. The van der Waals surface area contributed by atoms with Gasteiger partial charge in [-0.25, -0.2) is 4.79 Å². The maximum Gasteiger partial charge on any atom is 0.320 e. The lowest BCUT2D eigenvalue weighted by molar-refractivity contribution is -0.138. The van der Waals surface area contributed by atoms with Gasteiger partial charge in [-0.05, 0) is 18.8 Å². The van der Waals surface area contributed by atoms with Crippen LogP contribution in [0.3, 0.4) is 0 Å². The second-order valence-electron chi connectivity index (χ2n) is 5.26. The van der Waals surface area contributed by atoms with Gasteiger partial charge in [0, 0.05) is 26.2 Å². The maximum atomic E-state index is 12.2. The highest BCUT2D eigenvalue weighted by atomic mass is 16.4. The van der Waals surface area contributed by atoms with Crippen molar-refractivity contribution in [2.45, 2.75) is 45.6 Å². The summed E-state index contributed by atoms with van der Waals surface area (Å²) in [5.74, 6) is -0.358. The summed E-state index contributed by atoms with van der Waals surface area (Å²) in [5.41, 5.74) is 0. The Morgan fingerprint density at radius 3 is 2.72 bits per heavy atom. The molecule has 0 radical (unpaired) electrons. The highest BCUT2D eigenvalue weighted by Crippen LogP contribution is 2.21. The van der Waals surface area contributed by atoms with Crippen molar-refractivity contribution >= 4 is 12.0 Å². The zero-order valence-electron chi connectivity index (χ0n) is 11.6. The Bertz CT molecular complexity index is 307. The van der Waals surface area contributed by atoms with E-state index in [0.29, 0.717) is 12.5 Å². The first kappa shape index (κ1) is 14.8. The van der Waals surface area contributed by atoms with E-state index >= 15 is 0 Å². The Hall–Kier alpha value is -1.26. The van der Waals surface area contributed by atoms with Gasteiger partial charge in [-0.2, -0.15) is 0 Å². The molecular formula is C13H24N2O3. The molecule has 1 N–H and O–H groups in total. The number of aliphatic carboxylic acids is 1. The highest BCUT2D eigenvalue weighted by Gasteiger charge is 2.32. The molecule has 0 aromatic carbocycles.